The highest BCUT2D eigenvalue weighted by molar-refractivity contribution is 5.82. The molecule has 2 N–H and O–H groups in total. The molecule has 0 fully saturated rings. The topological polar surface area (TPSA) is 78.5 Å². The van der Waals surface area contributed by atoms with Crippen molar-refractivity contribution >= 4 is 11.8 Å². The highest BCUT2D eigenvalue weighted by Crippen LogP contribution is 2.21. The van der Waals surface area contributed by atoms with E-state index in [1.165, 1.54) is 64.2 Å². The lowest BCUT2D eigenvalue weighted by molar-refractivity contribution is -0.807. The molecule has 1 aliphatic rings. The number of hydrogen-bond acceptors (Lipinski definition) is 4. The Morgan fingerprint density at radius 2 is 1.70 bits per heavy atom. The predicted molar refractivity (Wildman–Crippen MR) is 111 cm³/mol. The van der Waals surface area contributed by atoms with Crippen LogP contribution >= 0.6 is 0 Å². The first-order valence-corrected chi connectivity index (χ1v) is 10.8. The van der Waals surface area contributed by atoms with Crippen molar-refractivity contribution in [3.8, 4) is 0 Å². The van der Waals surface area contributed by atoms with Gasteiger partial charge in [0.25, 0.3) is 0 Å². The Hall–Kier alpha value is -1.46. The normalized spacial score (nSPS) is 20.3. The Morgan fingerprint density at radius 3 is 2.26 bits per heavy atom. The lowest BCUT2D eigenvalue weighted by Gasteiger charge is -2.35. The molecule has 0 aromatic heterocycles. The Morgan fingerprint density at radius 1 is 1.11 bits per heavy atom. The van der Waals surface area contributed by atoms with E-state index < -0.39 is 5.97 Å². The van der Waals surface area contributed by atoms with E-state index in [-0.39, 0.29) is 17.2 Å². The van der Waals surface area contributed by atoms with Gasteiger partial charge in [0.05, 0.1) is 18.6 Å². The molecule has 5 heteroatoms. The number of nitrogens with two attached hydrogens (primary N) is 1. The van der Waals surface area contributed by atoms with Gasteiger partial charge >= 0.3 is 0 Å². The number of allylic oxidation sites excluding steroid dienone is 1. The van der Waals surface area contributed by atoms with Crippen LogP contribution in [0, 0.1) is 0 Å². The molecule has 154 valence electrons. The molecule has 0 saturated carbocycles. The Labute approximate surface area is 165 Å². The fraction of sp³-hybridized carbons (Fsp3) is 0.727. The van der Waals surface area contributed by atoms with Crippen LogP contribution in [0.2, 0.25) is 0 Å². The number of aliphatic carboxylic acids is 1. The van der Waals surface area contributed by atoms with Crippen LogP contribution in [0.3, 0.4) is 0 Å². The lowest BCUT2D eigenvalue weighted by atomic mass is 10.1. The molecule has 0 saturated heterocycles. The average Bonchev–Trinajstić information content (AvgIpc) is 3.02. The summed E-state index contributed by atoms with van der Waals surface area (Å²) in [5, 5.41) is 11.1. The Balaban J connectivity index is 2.15. The number of carbonyl (C=O) groups excluding carboxylic acids is 1. The zero-order valence-electron chi connectivity index (χ0n) is 17.4. The number of amidine groups is 1. The van der Waals surface area contributed by atoms with E-state index in [9.17, 15) is 9.90 Å². The van der Waals surface area contributed by atoms with Crippen molar-refractivity contribution in [2.75, 3.05) is 6.54 Å². The molecule has 0 amide bonds. The molecule has 2 unspecified atom stereocenters. The third-order valence-electron chi connectivity index (χ3n) is 5.35. The Bertz CT molecular complexity index is 512. The predicted octanol–water partition coefficient (Wildman–Crippen LogP) is 4.00. The molecule has 0 aromatic rings. The molecular formula is C22H39N3O2. The minimum Gasteiger partial charge on any atom is -0.544 e. The Kier molecular flexibility index (Phi) is 11.9. The van der Waals surface area contributed by atoms with Crippen molar-refractivity contribution in [3.63, 3.8) is 0 Å². The van der Waals surface area contributed by atoms with Gasteiger partial charge in [0.15, 0.2) is 0 Å². The van der Waals surface area contributed by atoms with Crippen LogP contribution in [-0.4, -0.2) is 29.0 Å². The summed E-state index contributed by atoms with van der Waals surface area (Å²) in [6, 6.07) is 0. The average molecular weight is 378 g/mol. The zero-order valence-corrected chi connectivity index (χ0v) is 17.4. The summed E-state index contributed by atoms with van der Waals surface area (Å²) in [5.41, 5.74) is 6.04. The zero-order chi connectivity index (χ0) is 20.0. The second kappa shape index (κ2) is 13.7. The number of carboxylic acids is 1. The molecule has 0 radical (unpaired) electrons. The molecule has 5 nitrogen and oxygen atoms in total. The van der Waals surface area contributed by atoms with Crippen molar-refractivity contribution in [1.29, 1.82) is 0 Å². The number of carboxylic acid groups (broad SMARTS) is 1. The summed E-state index contributed by atoms with van der Waals surface area (Å²) in [6.07, 6.45) is 22.4. The molecule has 2 atom stereocenters. The molecule has 27 heavy (non-hydrogen) atoms. The number of nitrogens with zero attached hydrogens (tertiary/aromatic N) is 2. The molecule has 0 spiro atoms. The third kappa shape index (κ3) is 8.85. The van der Waals surface area contributed by atoms with Crippen LogP contribution in [0.4, 0.5) is 0 Å². The maximum absolute atomic E-state index is 11.1. The first-order chi connectivity index (χ1) is 13.0. The van der Waals surface area contributed by atoms with E-state index in [0.717, 1.165) is 12.3 Å². The van der Waals surface area contributed by atoms with Crippen LogP contribution in [0.5, 0.6) is 0 Å². The van der Waals surface area contributed by atoms with Gasteiger partial charge in [0.2, 0.25) is 5.84 Å². The molecule has 1 rings (SSSR count). The summed E-state index contributed by atoms with van der Waals surface area (Å²) in [5.74, 6) is -0.339. The van der Waals surface area contributed by atoms with E-state index in [4.69, 9.17) is 5.73 Å². The number of rotatable bonds is 16. The van der Waals surface area contributed by atoms with Gasteiger partial charge in [-0.15, -0.1) is 0 Å². The molecular weight excluding hydrogens is 338 g/mol. The lowest BCUT2D eigenvalue weighted by Crippen LogP contribution is -2.60. The van der Waals surface area contributed by atoms with E-state index >= 15 is 0 Å². The summed E-state index contributed by atoms with van der Waals surface area (Å²) in [4.78, 5) is 15.5. The summed E-state index contributed by atoms with van der Waals surface area (Å²) in [7, 11) is 0. The van der Waals surface area contributed by atoms with Crippen molar-refractivity contribution < 1.29 is 14.4 Å². The SMILES string of the molecule is CCCCCCCCCCCC/C=C/CC1=NC=C[N+]1(CC(=O)[O-])C(C)N. The largest absolute Gasteiger partial charge is 0.544 e. The smallest absolute Gasteiger partial charge is 0.213 e. The van der Waals surface area contributed by atoms with Gasteiger partial charge in [-0.25, -0.2) is 9.48 Å². The van der Waals surface area contributed by atoms with E-state index in [0.29, 0.717) is 6.42 Å². The van der Waals surface area contributed by atoms with Crippen LogP contribution in [0.1, 0.15) is 90.9 Å². The van der Waals surface area contributed by atoms with E-state index in [1.807, 2.05) is 6.92 Å². The first kappa shape index (κ1) is 23.6. The molecule has 0 aromatic carbocycles. The van der Waals surface area contributed by atoms with Crippen molar-refractivity contribution in [2.24, 2.45) is 10.7 Å². The minimum absolute atomic E-state index is 0.0604. The third-order valence-corrected chi connectivity index (χ3v) is 5.35. The monoisotopic (exact) mass is 377 g/mol. The maximum Gasteiger partial charge on any atom is 0.213 e. The van der Waals surface area contributed by atoms with Crippen LogP contribution in [0.25, 0.3) is 0 Å². The number of hydrogen-bond donors (Lipinski definition) is 1. The van der Waals surface area contributed by atoms with E-state index in [2.05, 4.69) is 24.1 Å². The summed E-state index contributed by atoms with van der Waals surface area (Å²) < 4.78 is 0.0604. The molecule has 1 heterocycles. The first-order valence-electron chi connectivity index (χ1n) is 10.8. The van der Waals surface area contributed by atoms with Gasteiger partial charge in [-0.05, 0) is 12.8 Å². The number of carbonyl (C=O) groups is 1. The van der Waals surface area contributed by atoms with Gasteiger partial charge in [-0.2, -0.15) is 0 Å². The quantitative estimate of drug-likeness (QED) is 0.251. The fourth-order valence-electron chi connectivity index (χ4n) is 3.58. The van der Waals surface area contributed by atoms with Gasteiger partial charge in [-0.3, -0.25) is 5.73 Å². The van der Waals surface area contributed by atoms with Gasteiger partial charge in [0.1, 0.15) is 18.9 Å². The molecule has 0 aliphatic carbocycles. The second-order valence-corrected chi connectivity index (χ2v) is 7.69. The number of unbranched alkanes of at least 4 members (excludes halogenated alkanes) is 10. The van der Waals surface area contributed by atoms with Crippen LogP contribution in [0.15, 0.2) is 29.5 Å². The number of quaternary nitrogens is 1. The van der Waals surface area contributed by atoms with Crippen molar-refractivity contribution in [1.82, 2.24) is 0 Å². The van der Waals surface area contributed by atoms with Gasteiger partial charge in [0, 0.05) is 6.92 Å². The fourth-order valence-corrected chi connectivity index (χ4v) is 3.58. The highest BCUT2D eigenvalue weighted by atomic mass is 16.4. The standard InChI is InChI=1S/C22H39N3O2/c1-3-4-5-6-7-8-9-10-11-12-13-14-15-16-21-24-17-18-25(21,20(2)23)19-22(26)27/h14-15,17-18,20H,3-13,16,19,23H2,1-2H3/b15-14+. The second-order valence-electron chi connectivity index (χ2n) is 7.69. The highest BCUT2D eigenvalue weighted by Gasteiger charge is 2.38. The van der Waals surface area contributed by atoms with Crippen LogP contribution in [-0.2, 0) is 4.79 Å². The van der Waals surface area contributed by atoms with Crippen molar-refractivity contribution in [3.05, 3.63) is 24.6 Å². The van der Waals surface area contributed by atoms with Crippen LogP contribution < -0.4 is 10.8 Å². The molecule has 1 aliphatic heterocycles. The van der Waals surface area contributed by atoms with Gasteiger partial charge < -0.3 is 9.90 Å². The number of aliphatic imine (C=N–C) groups is 1. The van der Waals surface area contributed by atoms with Gasteiger partial charge in [-0.1, -0.05) is 76.9 Å². The van der Waals surface area contributed by atoms with Crippen molar-refractivity contribution in [2.45, 2.75) is 97.1 Å². The molecule has 0 bridgehead atoms. The maximum atomic E-state index is 11.1. The summed E-state index contributed by atoms with van der Waals surface area (Å²) >= 11 is 0. The van der Waals surface area contributed by atoms with E-state index in [1.54, 1.807) is 12.4 Å². The minimum atomic E-state index is -1.11. The summed E-state index contributed by atoms with van der Waals surface area (Å²) in [6.45, 7) is 3.90.